The van der Waals surface area contributed by atoms with Crippen molar-refractivity contribution in [3.63, 3.8) is 0 Å². The summed E-state index contributed by atoms with van der Waals surface area (Å²) in [7, 11) is 1.58. The topological polar surface area (TPSA) is 68.9 Å². The Morgan fingerprint density at radius 2 is 1.92 bits per heavy atom. The fourth-order valence-electron chi connectivity index (χ4n) is 2.09. The molecule has 0 unspecified atom stereocenters. The monoisotopic (exact) mass is 353 g/mol. The number of nitrogens with two attached hydrogens (primary N) is 1. The number of aliphatic imine (C=N–C) groups is 1. The predicted molar refractivity (Wildman–Crippen MR) is 89.9 cm³/mol. The van der Waals surface area contributed by atoms with E-state index in [4.69, 9.17) is 10.5 Å². The van der Waals surface area contributed by atoms with Gasteiger partial charge in [0.2, 0.25) is 0 Å². The van der Waals surface area contributed by atoms with Crippen molar-refractivity contribution >= 4 is 11.6 Å². The molecule has 25 heavy (non-hydrogen) atoms. The summed E-state index contributed by atoms with van der Waals surface area (Å²) in [5, 5.41) is 2.62. The lowest BCUT2D eigenvalue weighted by Crippen LogP contribution is -2.24. The van der Waals surface area contributed by atoms with E-state index in [0.29, 0.717) is 13.0 Å². The largest absolute Gasteiger partial charge is 0.573 e. The Labute approximate surface area is 143 Å². The fourth-order valence-corrected chi connectivity index (χ4v) is 2.09. The zero-order valence-electron chi connectivity index (χ0n) is 13.5. The van der Waals surface area contributed by atoms with Gasteiger partial charge in [-0.1, -0.05) is 24.3 Å². The number of rotatable bonds is 6. The van der Waals surface area contributed by atoms with Crippen LogP contribution in [0, 0.1) is 0 Å². The molecule has 0 amide bonds. The van der Waals surface area contributed by atoms with Gasteiger partial charge in [-0.3, -0.25) is 4.99 Å². The maximum absolute atomic E-state index is 12.4. The van der Waals surface area contributed by atoms with Crippen LogP contribution in [0.4, 0.5) is 18.9 Å². The lowest BCUT2D eigenvalue weighted by atomic mass is 10.1. The van der Waals surface area contributed by atoms with Crippen molar-refractivity contribution in [2.45, 2.75) is 12.8 Å². The number of methoxy groups -OCH3 is 1. The Kier molecular flexibility index (Phi) is 6.10. The minimum Gasteiger partial charge on any atom is -0.497 e. The average Bonchev–Trinajstić information content (AvgIpc) is 2.55. The summed E-state index contributed by atoms with van der Waals surface area (Å²) in [6, 6.07) is 13.1. The number of hydrogen-bond donors (Lipinski definition) is 2. The van der Waals surface area contributed by atoms with Gasteiger partial charge < -0.3 is 20.5 Å². The quantitative estimate of drug-likeness (QED) is 0.615. The minimum atomic E-state index is -4.78. The van der Waals surface area contributed by atoms with E-state index >= 15 is 0 Å². The number of anilines is 1. The molecule has 0 fully saturated rings. The van der Waals surface area contributed by atoms with E-state index in [0.717, 1.165) is 11.3 Å². The van der Waals surface area contributed by atoms with Crippen LogP contribution in [-0.2, 0) is 6.42 Å². The van der Waals surface area contributed by atoms with E-state index in [1.54, 1.807) is 13.2 Å². The molecule has 2 aromatic rings. The summed E-state index contributed by atoms with van der Waals surface area (Å²) in [6.45, 7) is 0.369. The van der Waals surface area contributed by atoms with Crippen molar-refractivity contribution in [1.29, 1.82) is 0 Å². The molecule has 134 valence electrons. The third-order valence-corrected chi connectivity index (χ3v) is 3.19. The first-order valence-electron chi connectivity index (χ1n) is 7.42. The molecule has 2 aromatic carbocycles. The fraction of sp³-hybridized carbons (Fsp3) is 0.235. The summed E-state index contributed by atoms with van der Waals surface area (Å²) >= 11 is 0. The van der Waals surface area contributed by atoms with Crippen LogP contribution in [0.3, 0.4) is 0 Å². The van der Waals surface area contributed by atoms with Gasteiger partial charge in [-0.25, -0.2) is 0 Å². The first-order valence-corrected chi connectivity index (χ1v) is 7.42. The van der Waals surface area contributed by atoms with Crippen molar-refractivity contribution < 1.29 is 22.6 Å². The third kappa shape index (κ3) is 6.25. The summed E-state index contributed by atoms with van der Waals surface area (Å²) in [5.74, 6) is 0.368. The second-order valence-electron chi connectivity index (χ2n) is 5.04. The van der Waals surface area contributed by atoms with Crippen LogP contribution in [0.5, 0.6) is 11.5 Å². The number of halogens is 3. The van der Waals surface area contributed by atoms with Gasteiger partial charge in [0.1, 0.15) is 5.75 Å². The summed E-state index contributed by atoms with van der Waals surface area (Å²) < 4.78 is 46.2. The summed E-state index contributed by atoms with van der Waals surface area (Å²) in [6.07, 6.45) is -4.17. The molecule has 0 saturated carbocycles. The van der Waals surface area contributed by atoms with E-state index < -0.39 is 6.36 Å². The van der Waals surface area contributed by atoms with Gasteiger partial charge in [-0.05, 0) is 36.2 Å². The van der Waals surface area contributed by atoms with Crippen LogP contribution in [0.15, 0.2) is 53.5 Å². The number of nitrogens with one attached hydrogen (secondary N) is 1. The van der Waals surface area contributed by atoms with Gasteiger partial charge >= 0.3 is 6.36 Å². The Bertz CT molecular complexity index is 733. The second kappa shape index (κ2) is 8.27. The highest BCUT2D eigenvalue weighted by atomic mass is 19.4. The van der Waals surface area contributed by atoms with Crippen molar-refractivity contribution in [3.05, 3.63) is 54.1 Å². The minimum absolute atomic E-state index is 0.00104. The van der Waals surface area contributed by atoms with Crippen LogP contribution >= 0.6 is 0 Å². The van der Waals surface area contributed by atoms with Crippen LogP contribution in [0.25, 0.3) is 0 Å². The van der Waals surface area contributed by atoms with Gasteiger partial charge in [0, 0.05) is 6.54 Å². The Hall–Kier alpha value is -2.90. The first kappa shape index (κ1) is 18.4. The molecule has 0 aliphatic heterocycles. The Morgan fingerprint density at radius 3 is 2.64 bits per heavy atom. The molecule has 0 aliphatic rings. The van der Waals surface area contributed by atoms with Crippen molar-refractivity contribution in [2.24, 2.45) is 10.7 Å². The summed E-state index contributed by atoms with van der Waals surface area (Å²) in [5.41, 5.74) is 6.83. The standard InChI is InChI=1S/C17H18F3N3O2/c1-24-13-6-4-5-12(11-13)9-10-22-16(21)23-14-7-2-3-8-15(14)25-17(18,19)20/h2-8,11H,9-10H2,1H3,(H3,21,22,23). The van der Waals surface area contributed by atoms with Crippen LogP contribution in [0.2, 0.25) is 0 Å². The molecule has 3 N–H and O–H groups in total. The van der Waals surface area contributed by atoms with Crippen LogP contribution < -0.4 is 20.5 Å². The maximum atomic E-state index is 12.4. The Balaban J connectivity index is 1.97. The van der Waals surface area contributed by atoms with E-state index in [-0.39, 0.29) is 17.4 Å². The van der Waals surface area contributed by atoms with Gasteiger partial charge in [-0.2, -0.15) is 0 Å². The van der Waals surface area contributed by atoms with E-state index in [9.17, 15) is 13.2 Å². The molecular formula is C17H18F3N3O2. The third-order valence-electron chi connectivity index (χ3n) is 3.19. The Morgan fingerprint density at radius 1 is 1.16 bits per heavy atom. The van der Waals surface area contributed by atoms with E-state index in [1.165, 1.54) is 18.2 Å². The number of hydrogen-bond acceptors (Lipinski definition) is 3. The highest BCUT2D eigenvalue weighted by molar-refractivity contribution is 5.93. The molecule has 5 nitrogen and oxygen atoms in total. The molecule has 0 aromatic heterocycles. The predicted octanol–water partition coefficient (Wildman–Crippen LogP) is 3.56. The zero-order chi connectivity index (χ0) is 18.3. The number of nitrogens with zero attached hydrogens (tertiary/aromatic N) is 1. The molecule has 0 heterocycles. The highest BCUT2D eigenvalue weighted by Crippen LogP contribution is 2.29. The molecule has 8 heteroatoms. The van der Waals surface area contributed by atoms with Gasteiger partial charge in [0.25, 0.3) is 0 Å². The van der Waals surface area contributed by atoms with E-state index in [2.05, 4.69) is 15.0 Å². The van der Waals surface area contributed by atoms with Crippen molar-refractivity contribution in [1.82, 2.24) is 0 Å². The number of benzene rings is 2. The smallest absolute Gasteiger partial charge is 0.497 e. The number of guanidine groups is 1. The molecule has 0 aliphatic carbocycles. The SMILES string of the molecule is COc1cccc(CCN=C(N)Nc2ccccc2OC(F)(F)F)c1. The molecule has 0 atom stereocenters. The molecule has 0 saturated heterocycles. The zero-order valence-corrected chi connectivity index (χ0v) is 13.5. The molecule has 0 spiro atoms. The van der Waals surface area contributed by atoms with Gasteiger partial charge in [0.05, 0.1) is 12.8 Å². The molecular weight excluding hydrogens is 335 g/mol. The summed E-state index contributed by atoms with van der Waals surface area (Å²) in [4.78, 5) is 4.11. The van der Waals surface area contributed by atoms with Gasteiger partial charge in [-0.15, -0.1) is 13.2 Å². The lowest BCUT2D eigenvalue weighted by Gasteiger charge is -2.14. The van der Waals surface area contributed by atoms with Gasteiger partial charge in [0.15, 0.2) is 11.7 Å². The van der Waals surface area contributed by atoms with Crippen LogP contribution in [0.1, 0.15) is 5.56 Å². The van der Waals surface area contributed by atoms with Crippen LogP contribution in [-0.4, -0.2) is 26.0 Å². The second-order valence-corrected chi connectivity index (χ2v) is 5.04. The molecule has 2 rings (SSSR count). The normalized spacial score (nSPS) is 11.9. The van der Waals surface area contributed by atoms with Crippen molar-refractivity contribution in [3.8, 4) is 11.5 Å². The van der Waals surface area contributed by atoms with E-state index in [1.807, 2.05) is 24.3 Å². The molecule has 0 bridgehead atoms. The number of alkyl halides is 3. The average molecular weight is 353 g/mol. The van der Waals surface area contributed by atoms with Crippen molar-refractivity contribution in [2.75, 3.05) is 19.0 Å². The number of para-hydroxylation sites is 2. The molecule has 0 radical (unpaired) electrons. The number of ether oxygens (including phenoxy) is 2. The lowest BCUT2D eigenvalue weighted by molar-refractivity contribution is -0.274. The highest BCUT2D eigenvalue weighted by Gasteiger charge is 2.32. The first-order chi connectivity index (χ1) is 11.9. The maximum Gasteiger partial charge on any atom is 0.573 e.